The van der Waals surface area contributed by atoms with Crippen molar-refractivity contribution in [2.75, 3.05) is 5.32 Å². The van der Waals surface area contributed by atoms with Crippen LogP contribution < -0.4 is 5.32 Å². The van der Waals surface area contributed by atoms with Crippen molar-refractivity contribution in [3.8, 4) is 0 Å². The molecule has 2 aromatic rings. The third-order valence-electron chi connectivity index (χ3n) is 3.32. The van der Waals surface area contributed by atoms with Crippen LogP contribution in [0.4, 0.5) is 5.69 Å². The van der Waals surface area contributed by atoms with E-state index in [1.165, 1.54) is 6.92 Å². The Kier molecular flexibility index (Phi) is 6.25. The Labute approximate surface area is 145 Å². The van der Waals surface area contributed by atoms with Crippen LogP contribution in [0.15, 0.2) is 48.5 Å². The number of ketones is 1. The van der Waals surface area contributed by atoms with Gasteiger partial charge in [0.05, 0.1) is 5.25 Å². The summed E-state index contributed by atoms with van der Waals surface area (Å²) in [5, 5.41) is 3.35. The smallest absolute Gasteiger partial charge is 0.237 e. The van der Waals surface area contributed by atoms with Crippen molar-refractivity contribution < 1.29 is 9.59 Å². The molecule has 0 fully saturated rings. The molecule has 0 heterocycles. The maximum Gasteiger partial charge on any atom is 0.237 e. The third kappa shape index (κ3) is 5.41. The molecular formula is C18H18ClNO2S. The van der Waals surface area contributed by atoms with Gasteiger partial charge in [0, 0.05) is 22.0 Å². The minimum Gasteiger partial charge on any atom is -0.325 e. The number of thioether (sulfide) groups is 1. The van der Waals surface area contributed by atoms with Gasteiger partial charge in [-0.1, -0.05) is 35.9 Å². The van der Waals surface area contributed by atoms with E-state index in [1.807, 2.05) is 31.2 Å². The lowest BCUT2D eigenvalue weighted by Gasteiger charge is -2.12. The number of benzene rings is 2. The molecule has 0 radical (unpaired) electrons. The van der Waals surface area contributed by atoms with Gasteiger partial charge in [-0.2, -0.15) is 0 Å². The summed E-state index contributed by atoms with van der Waals surface area (Å²) in [6.07, 6.45) is 0. The molecule has 0 bridgehead atoms. The maximum absolute atomic E-state index is 12.2. The van der Waals surface area contributed by atoms with E-state index in [4.69, 9.17) is 11.6 Å². The van der Waals surface area contributed by atoms with Gasteiger partial charge in [-0.05, 0) is 43.7 Å². The SMILES string of the molecule is CC(=O)c1cccc(NC(=O)[C@H](C)SCc2ccc(Cl)cc2)c1. The van der Waals surface area contributed by atoms with E-state index in [0.29, 0.717) is 16.3 Å². The van der Waals surface area contributed by atoms with Crippen LogP contribution in [0.1, 0.15) is 29.8 Å². The molecule has 0 aromatic heterocycles. The summed E-state index contributed by atoms with van der Waals surface area (Å²) >= 11 is 7.41. The maximum atomic E-state index is 12.2. The van der Waals surface area contributed by atoms with Gasteiger partial charge in [-0.3, -0.25) is 9.59 Å². The van der Waals surface area contributed by atoms with E-state index in [9.17, 15) is 9.59 Å². The molecule has 23 heavy (non-hydrogen) atoms. The van der Waals surface area contributed by atoms with E-state index in [1.54, 1.807) is 36.0 Å². The van der Waals surface area contributed by atoms with Gasteiger partial charge in [0.2, 0.25) is 5.91 Å². The largest absolute Gasteiger partial charge is 0.325 e. The molecule has 0 unspecified atom stereocenters. The van der Waals surface area contributed by atoms with E-state index in [0.717, 1.165) is 11.3 Å². The zero-order valence-electron chi connectivity index (χ0n) is 13.0. The number of Topliss-reactive ketones (excluding diaryl/α,β-unsaturated/α-hetero) is 1. The number of anilines is 1. The molecule has 0 saturated carbocycles. The summed E-state index contributed by atoms with van der Waals surface area (Å²) in [6, 6.07) is 14.6. The quantitative estimate of drug-likeness (QED) is 0.763. The lowest BCUT2D eigenvalue weighted by atomic mass is 10.1. The Morgan fingerprint density at radius 3 is 2.52 bits per heavy atom. The van der Waals surface area contributed by atoms with Crippen LogP contribution in [0, 0.1) is 0 Å². The summed E-state index contributed by atoms with van der Waals surface area (Å²) < 4.78 is 0. The van der Waals surface area contributed by atoms with E-state index in [2.05, 4.69) is 5.32 Å². The number of carbonyl (C=O) groups excluding carboxylic acids is 2. The van der Waals surface area contributed by atoms with Gasteiger partial charge in [0.1, 0.15) is 0 Å². The zero-order valence-corrected chi connectivity index (χ0v) is 14.6. The lowest BCUT2D eigenvalue weighted by Crippen LogP contribution is -2.22. The monoisotopic (exact) mass is 347 g/mol. The van der Waals surface area contributed by atoms with Crippen molar-refractivity contribution in [2.24, 2.45) is 0 Å². The number of amides is 1. The minimum atomic E-state index is -0.202. The van der Waals surface area contributed by atoms with Crippen LogP contribution in [0.2, 0.25) is 5.02 Å². The van der Waals surface area contributed by atoms with E-state index in [-0.39, 0.29) is 16.9 Å². The molecule has 0 saturated heterocycles. The van der Waals surface area contributed by atoms with Gasteiger partial charge < -0.3 is 5.32 Å². The molecule has 2 rings (SSSR count). The normalized spacial score (nSPS) is 11.8. The van der Waals surface area contributed by atoms with Crippen molar-refractivity contribution in [1.29, 1.82) is 0 Å². The Morgan fingerprint density at radius 2 is 1.87 bits per heavy atom. The number of rotatable bonds is 6. The number of hydrogen-bond donors (Lipinski definition) is 1. The van der Waals surface area contributed by atoms with Gasteiger partial charge in [-0.15, -0.1) is 11.8 Å². The Bertz CT molecular complexity index is 700. The summed E-state index contributed by atoms with van der Waals surface area (Å²) in [6.45, 7) is 3.37. The first-order valence-corrected chi connectivity index (χ1v) is 8.66. The predicted octanol–water partition coefficient (Wildman–Crippen LogP) is 4.80. The predicted molar refractivity (Wildman–Crippen MR) is 97.3 cm³/mol. The molecule has 1 atom stereocenters. The Morgan fingerprint density at radius 1 is 1.17 bits per heavy atom. The number of nitrogens with one attached hydrogen (secondary N) is 1. The summed E-state index contributed by atoms with van der Waals surface area (Å²) in [7, 11) is 0. The van der Waals surface area contributed by atoms with Crippen LogP contribution in [-0.4, -0.2) is 16.9 Å². The average molecular weight is 348 g/mol. The lowest BCUT2D eigenvalue weighted by molar-refractivity contribution is -0.115. The molecule has 3 nitrogen and oxygen atoms in total. The fourth-order valence-electron chi connectivity index (χ4n) is 1.94. The number of hydrogen-bond acceptors (Lipinski definition) is 3. The highest BCUT2D eigenvalue weighted by Gasteiger charge is 2.14. The Hall–Kier alpha value is -1.78. The summed E-state index contributed by atoms with van der Waals surface area (Å²) in [5.41, 5.74) is 2.35. The highest BCUT2D eigenvalue weighted by Crippen LogP contribution is 2.21. The third-order valence-corrected chi connectivity index (χ3v) is 4.79. The summed E-state index contributed by atoms with van der Waals surface area (Å²) in [5.74, 6) is 0.634. The molecule has 1 N–H and O–H groups in total. The van der Waals surface area contributed by atoms with Crippen LogP contribution in [0.3, 0.4) is 0 Å². The molecule has 0 spiro atoms. The van der Waals surface area contributed by atoms with Crippen molar-refractivity contribution in [2.45, 2.75) is 24.9 Å². The number of halogens is 1. The van der Waals surface area contributed by atoms with E-state index < -0.39 is 0 Å². The highest BCUT2D eigenvalue weighted by molar-refractivity contribution is 7.99. The molecule has 2 aromatic carbocycles. The first-order valence-electron chi connectivity index (χ1n) is 7.23. The van der Waals surface area contributed by atoms with Crippen molar-refractivity contribution in [1.82, 2.24) is 0 Å². The molecule has 0 aliphatic carbocycles. The van der Waals surface area contributed by atoms with Crippen LogP contribution in [0.25, 0.3) is 0 Å². The van der Waals surface area contributed by atoms with Gasteiger partial charge in [-0.25, -0.2) is 0 Å². The van der Waals surface area contributed by atoms with Gasteiger partial charge >= 0.3 is 0 Å². The second-order valence-electron chi connectivity index (χ2n) is 5.21. The first kappa shape index (κ1) is 17.6. The van der Waals surface area contributed by atoms with Crippen LogP contribution in [-0.2, 0) is 10.5 Å². The average Bonchev–Trinajstić information content (AvgIpc) is 2.54. The molecular weight excluding hydrogens is 330 g/mol. The van der Waals surface area contributed by atoms with Crippen molar-refractivity contribution in [3.63, 3.8) is 0 Å². The topological polar surface area (TPSA) is 46.2 Å². The fourth-order valence-corrected chi connectivity index (χ4v) is 2.91. The van der Waals surface area contributed by atoms with Gasteiger partial charge in [0.15, 0.2) is 5.78 Å². The fraction of sp³-hybridized carbons (Fsp3) is 0.222. The molecule has 0 aliphatic heterocycles. The minimum absolute atomic E-state index is 0.0220. The molecule has 120 valence electrons. The molecule has 1 amide bonds. The highest BCUT2D eigenvalue weighted by atomic mass is 35.5. The first-order chi connectivity index (χ1) is 11.0. The van der Waals surface area contributed by atoms with Crippen molar-refractivity contribution >= 4 is 40.7 Å². The second-order valence-corrected chi connectivity index (χ2v) is 6.97. The number of carbonyl (C=O) groups is 2. The summed E-state index contributed by atoms with van der Waals surface area (Å²) in [4.78, 5) is 23.6. The molecule has 5 heteroatoms. The van der Waals surface area contributed by atoms with Crippen molar-refractivity contribution in [3.05, 3.63) is 64.7 Å². The molecule has 0 aliphatic rings. The standard InChI is InChI=1S/C18H18ClNO2S/c1-12(21)15-4-3-5-17(10-15)20-18(22)13(2)23-11-14-6-8-16(19)9-7-14/h3-10,13H,11H2,1-2H3,(H,20,22)/t13-/m0/s1. The van der Waals surface area contributed by atoms with Gasteiger partial charge in [0.25, 0.3) is 0 Å². The zero-order chi connectivity index (χ0) is 16.8. The van der Waals surface area contributed by atoms with E-state index >= 15 is 0 Å². The Balaban J connectivity index is 1.90. The van der Waals surface area contributed by atoms with Crippen LogP contribution >= 0.6 is 23.4 Å². The second kappa shape index (κ2) is 8.18. The van der Waals surface area contributed by atoms with Crippen LogP contribution in [0.5, 0.6) is 0 Å².